The first-order valence-electron chi connectivity index (χ1n) is 10.7. The SMILES string of the molecule is CCc1oc(N2CCCC2)nc1C(=O)Nc1cc(F)c(OC2CC3C[C@H]3C2)c(F)c1. The summed E-state index contributed by atoms with van der Waals surface area (Å²) < 4.78 is 40.4. The molecule has 2 aliphatic carbocycles. The lowest BCUT2D eigenvalue weighted by molar-refractivity contribution is 0.102. The Balaban J connectivity index is 1.31. The number of aryl methyl sites for hydroxylation is 1. The predicted octanol–water partition coefficient (Wildman–Crippen LogP) is 4.55. The van der Waals surface area contributed by atoms with Crippen molar-refractivity contribution in [2.45, 2.75) is 51.6 Å². The molecule has 3 aliphatic rings. The number of rotatable bonds is 6. The van der Waals surface area contributed by atoms with Crippen molar-refractivity contribution >= 4 is 17.6 Å². The first-order valence-corrected chi connectivity index (χ1v) is 10.7. The number of carbonyl (C=O) groups excluding carboxylic acids is 1. The Hall–Kier alpha value is -2.64. The first-order chi connectivity index (χ1) is 14.5. The van der Waals surface area contributed by atoms with E-state index in [0.29, 0.717) is 30.0 Å². The smallest absolute Gasteiger partial charge is 0.298 e. The molecule has 8 heteroatoms. The molecule has 1 amide bonds. The van der Waals surface area contributed by atoms with Gasteiger partial charge in [0.15, 0.2) is 23.1 Å². The molecule has 1 N–H and O–H groups in total. The Kier molecular flexibility index (Phi) is 4.87. The van der Waals surface area contributed by atoms with E-state index in [9.17, 15) is 13.6 Å². The van der Waals surface area contributed by atoms with E-state index >= 15 is 0 Å². The van der Waals surface area contributed by atoms with Gasteiger partial charge in [-0.25, -0.2) is 8.78 Å². The average molecular weight is 417 g/mol. The number of ether oxygens (including phenoxy) is 1. The third-order valence-corrected chi connectivity index (χ3v) is 6.34. The van der Waals surface area contributed by atoms with Crippen LogP contribution in [0.1, 0.15) is 55.3 Å². The van der Waals surface area contributed by atoms with Crippen LogP contribution in [0.2, 0.25) is 0 Å². The van der Waals surface area contributed by atoms with Gasteiger partial charge in [-0.3, -0.25) is 4.79 Å². The van der Waals surface area contributed by atoms with Gasteiger partial charge in [-0.2, -0.15) is 4.98 Å². The second-order valence-corrected chi connectivity index (χ2v) is 8.51. The van der Waals surface area contributed by atoms with E-state index in [4.69, 9.17) is 9.15 Å². The number of benzene rings is 1. The fourth-order valence-corrected chi connectivity index (χ4v) is 4.66. The molecule has 2 aromatic rings. The fraction of sp³-hybridized carbons (Fsp3) is 0.545. The summed E-state index contributed by atoms with van der Waals surface area (Å²) in [6.07, 6.45) is 5.38. The molecule has 2 heterocycles. The number of halogens is 2. The summed E-state index contributed by atoms with van der Waals surface area (Å²) >= 11 is 0. The lowest BCUT2D eigenvalue weighted by atomic mass is 10.2. The third-order valence-electron chi connectivity index (χ3n) is 6.34. The highest BCUT2D eigenvalue weighted by Crippen LogP contribution is 2.52. The summed E-state index contributed by atoms with van der Waals surface area (Å²) in [5, 5.41) is 2.54. The maximum absolute atomic E-state index is 14.5. The highest BCUT2D eigenvalue weighted by Gasteiger charge is 2.47. The average Bonchev–Trinajstić information content (AvgIpc) is 3.17. The molecule has 1 aromatic heterocycles. The van der Waals surface area contributed by atoms with E-state index in [-0.39, 0.29) is 23.2 Å². The highest BCUT2D eigenvalue weighted by atomic mass is 19.1. The van der Waals surface area contributed by atoms with Gasteiger partial charge in [-0.1, -0.05) is 6.92 Å². The quantitative estimate of drug-likeness (QED) is 0.747. The molecular formula is C22H25F2N3O3. The molecule has 3 fully saturated rings. The minimum atomic E-state index is -0.820. The van der Waals surface area contributed by atoms with E-state index in [2.05, 4.69) is 10.3 Å². The van der Waals surface area contributed by atoms with Crippen LogP contribution in [0.5, 0.6) is 5.75 Å². The zero-order valence-corrected chi connectivity index (χ0v) is 16.9. The van der Waals surface area contributed by atoms with Crippen LogP contribution in [-0.2, 0) is 6.42 Å². The van der Waals surface area contributed by atoms with Gasteiger partial charge in [-0.15, -0.1) is 0 Å². The van der Waals surface area contributed by atoms with Gasteiger partial charge >= 0.3 is 0 Å². The van der Waals surface area contributed by atoms with Crippen LogP contribution >= 0.6 is 0 Å². The standard InChI is InChI=1S/C22H25F2N3O3/c1-2-18-19(26-22(30-18)27-5-3-4-6-27)21(28)25-14-10-16(23)20(17(24)11-14)29-15-8-12-7-13(12)9-15/h10-13,15H,2-9H2,1H3,(H,25,28)/t12-,13?,15?/m0/s1. The van der Waals surface area contributed by atoms with Crippen LogP contribution in [0.4, 0.5) is 20.5 Å². The Labute approximate surface area is 173 Å². The summed E-state index contributed by atoms with van der Waals surface area (Å²) in [6, 6.07) is 2.59. The van der Waals surface area contributed by atoms with Gasteiger partial charge in [0, 0.05) is 37.3 Å². The number of hydrogen-bond acceptors (Lipinski definition) is 5. The molecule has 0 spiro atoms. The van der Waals surface area contributed by atoms with Crippen LogP contribution in [-0.4, -0.2) is 30.1 Å². The van der Waals surface area contributed by atoms with Gasteiger partial charge < -0.3 is 19.4 Å². The number of aromatic nitrogens is 1. The third kappa shape index (κ3) is 3.63. The van der Waals surface area contributed by atoms with Crippen molar-refractivity contribution in [3.8, 4) is 5.75 Å². The summed E-state index contributed by atoms with van der Waals surface area (Å²) in [7, 11) is 0. The molecule has 6 nitrogen and oxygen atoms in total. The molecule has 3 atom stereocenters. The summed E-state index contributed by atoms with van der Waals surface area (Å²) in [5.74, 6) is -0.800. The van der Waals surface area contributed by atoms with Crippen molar-refractivity contribution in [1.29, 1.82) is 0 Å². The molecular weight excluding hydrogens is 392 g/mol. The van der Waals surface area contributed by atoms with Gasteiger partial charge in [0.1, 0.15) is 5.76 Å². The lowest BCUT2D eigenvalue weighted by Gasteiger charge is -2.17. The second kappa shape index (κ2) is 7.56. The fourth-order valence-electron chi connectivity index (χ4n) is 4.66. The number of fused-ring (bicyclic) bond motifs is 1. The zero-order valence-electron chi connectivity index (χ0n) is 16.9. The molecule has 0 radical (unpaired) electrons. The van der Waals surface area contributed by atoms with Gasteiger partial charge in [0.05, 0.1) is 6.10 Å². The molecule has 2 saturated carbocycles. The van der Waals surface area contributed by atoms with Crippen LogP contribution in [0.25, 0.3) is 0 Å². The van der Waals surface area contributed by atoms with E-state index in [1.54, 1.807) is 0 Å². The van der Waals surface area contributed by atoms with E-state index < -0.39 is 17.5 Å². The topological polar surface area (TPSA) is 67.6 Å². The van der Waals surface area contributed by atoms with Crippen molar-refractivity contribution in [2.24, 2.45) is 11.8 Å². The monoisotopic (exact) mass is 417 g/mol. The van der Waals surface area contributed by atoms with Crippen molar-refractivity contribution in [2.75, 3.05) is 23.3 Å². The Morgan fingerprint density at radius 1 is 1.20 bits per heavy atom. The normalized spacial score (nSPS) is 24.8. The number of hydrogen-bond donors (Lipinski definition) is 1. The second-order valence-electron chi connectivity index (χ2n) is 8.51. The van der Waals surface area contributed by atoms with Crippen molar-refractivity contribution in [3.63, 3.8) is 0 Å². The summed E-state index contributed by atoms with van der Waals surface area (Å²) in [6.45, 7) is 3.54. The summed E-state index contributed by atoms with van der Waals surface area (Å²) in [5.41, 5.74) is 0.162. The molecule has 5 rings (SSSR count). The number of amides is 1. The largest absolute Gasteiger partial charge is 0.484 e. The molecule has 30 heavy (non-hydrogen) atoms. The van der Waals surface area contributed by atoms with E-state index in [1.165, 1.54) is 6.42 Å². The molecule has 160 valence electrons. The van der Waals surface area contributed by atoms with Crippen LogP contribution < -0.4 is 15.0 Å². The molecule has 1 aromatic carbocycles. The lowest BCUT2D eigenvalue weighted by Crippen LogP contribution is -2.19. The number of oxazole rings is 1. The molecule has 0 bridgehead atoms. The van der Waals surface area contributed by atoms with Crippen LogP contribution in [0, 0.1) is 23.5 Å². The number of nitrogens with zero attached hydrogens (tertiary/aromatic N) is 2. The minimum Gasteiger partial charge on any atom is -0.484 e. The number of nitrogens with one attached hydrogen (secondary N) is 1. The van der Waals surface area contributed by atoms with Crippen molar-refractivity contribution < 1.29 is 22.7 Å². The van der Waals surface area contributed by atoms with Gasteiger partial charge in [0.25, 0.3) is 11.9 Å². The van der Waals surface area contributed by atoms with E-state index in [0.717, 1.165) is 50.9 Å². The maximum Gasteiger partial charge on any atom is 0.298 e. The highest BCUT2D eigenvalue weighted by molar-refractivity contribution is 6.03. The van der Waals surface area contributed by atoms with E-state index in [1.807, 2.05) is 11.8 Å². The first kappa shape index (κ1) is 19.3. The predicted molar refractivity (Wildman–Crippen MR) is 107 cm³/mol. The maximum atomic E-state index is 14.5. The van der Waals surface area contributed by atoms with Gasteiger partial charge in [-0.05, 0) is 43.9 Å². The Morgan fingerprint density at radius 3 is 2.50 bits per heavy atom. The molecule has 1 saturated heterocycles. The summed E-state index contributed by atoms with van der Waals surface area (Å²) in [4.78, 5) is 19.1. The van der Waals surface area contributed by atoms with Crippen LogP contribution in [0.15, 0.2) is 16.5 Å². The minimum absolute atomic E-state index is 0.0180. The zero-order chi connectivity index (χ0) is 20.8. The Bertz CT molecular complexity index is 938. The van der Waals surface area contributed by atoms with Crippen molar-refractivity contribution in [3.05, 3.63) is 35.2 Å². The number of carbonyl (C=O) groups is 1. The van der Waals surface area contributed by atoms with Crippen LogP contribution in [0.3, 0.4) is 0 Å². The Morgan fingerprint density at radius 2 is 1.87 bits per heavy atom. The van der Waals surface area contributed by atoms with Crippen molar-refractivity contribution in [1.82, 2.24) is 4.98 Å². The number of anilines is 2. The molecule has 2 unspecified atom stereocenters. The van der Waals surface area contributed by atoms with Gasteiger partial charge in [0.2, 0.25) is 0 Å². The molecule has 1 aliphatic heterocycles.